The van der Waals surface area contributed by atoms with Gasteiger partial charge in [-0.25, -0.2) is 4.79 Å². The van der Waals surface area contributed by atoms with E-state index in [1.165, 1.54) is 16.9 Å². The van der Waals surface area contributed by atoms with Gasteiger partial charge in [-0.1, -0.05) is 54.5 Å². The third kappa shape index (κ3) is 5.06. The molecule has 0 spiro atoms. The lowest BCUT2D eigenvalue weighted by molar-refractivity contribution is 0.0867. The number of carbonyl (C=O) groups is 1. The number of nitrogens with zero attached hydrogens (tertiary/aromatic N) is 3. The lowest BCUT2D eigenvalue weighted by atomic mass is 9.97. The van der Waals surface area contributed by atoms with Crippen LogP contribution in [0.15, 0.2) is 30.3 Å². The Bertz CT molecular complexity index is 781. The highest BCUT2D eigenvalue weighted by molar-refractivity contribution is 7.15. The molecule has 1 aromatic heterocycles. The zero-order chi connectivity index (χ0) is 19.1. The summed E-state index contributed by atoms with van der Waals surface area (Å²) in [5, 5.41) is 12.7. The second kappa shape index (κ2) is 9.49. The Morgan fingerprint density at radius 1 is 1.44 bits per heavy atom. The molecule has 2 heterocycles. The Balaban J connectivity index is 1.66. The first-order valence-electron chi connectivity index (χ1n) is 9.20. The fourth-order valence-electron chi connectivity index (χ4n) is 3.20. The molecule has 1 aliphatic heterocycles. The molecule has 3 rings (SSSR count). The standard InChI is InChI=1S/C20H24N4O2S/c1-3-12-24(14-16-11-8-13-26-16)20(25)21-19-23-22-18(27-19)17(4-2)15-9-6-5-7-10-15/h1,5-7,9-10,16-17H,4,8,11-14H2,2H3,(H,21,23,25)/t16-,17-/m0/s1. The highest BCUT2D eigenvalue weighted by Crippen LogP contribution is 2.31. The molecule has 0 bridgehead atoms. The summed E-state index contributed by atoms with van der Waals surface area (Å²) < 4.78 is 5.61. The maximum atomic E-state index is 12.6. The van der Waals surface area contributed by atoms with Crippen molar-refractivity contribution in [1.29, 1.82) is 0 Å². The molecular weight excluding hydrogens is 360 g/mol. The number of hydrogen-bond donors (Lipinski definition) is 1. The Hall–Kier alpha value is -2.43. The third-order valence-corrected chi connectivity index (χ3v) is 5.53. The Morgan fingerprint density at radius 3 is 2.93 bits per heavy atom. The fourth-order valence-corrected chi connectivity index (χ4v) is 4.14. The average molecular weight is 385 g/mol. The number of benzene rings is 1. The van der Waals surface area contributed by atoms with E-state index in [1.807, 2.05) is 18.2 Å². The number of nitrogens with one attached hydrogen (secondary N) is 1. The molecule has 6 nitrogen and oxygen atoms in total. The van der Waals surface area contributed by atoms with Crippen molar-refractivity contribution < 1.29 is 9.53 Å². The van der Waals surface area contributed by atoms with Gasteiger partial charge in [0.05, 0.1) is 12.6 Å². The van der Waals surface area contributed by atoms with E-state index in [2.05, 4.69) is 40.5 Å². The second-order valence-electron chi connectivity index (χ2n) is 6.47. The van der Waals surface area contributed by atoms with Crippen molar-refractivity contribution in [3.05, 3.63) is 40.9 Å². The summed E-state index contributed by atoms with van der Waals surface area (Å²) in [6, 6.07) is 9.94. The molecule has 7 heteroatoms. The normalized spacial score (nSPS) is 17.3. The molecular formula is C20H24N4O2S. The average Bonchev–Trinajstić information content (AvgIpc) is 3.35. The topological polar surface area (TPSA) is 67.3 Å². The molecule has 0 aliphatic carbocycles. The van der Waals surface area contributed by atoms with Gasteiger partial charge in [0.15, 0.2) is 0 Å². The maximum Gasteiger partial charge on any atom is 0.324 e. The van der Waals surface area contributed by atoms with Crippen LogP contribution in [0.4, 0.5) is 9.93 Å². The van der Waals surface area contributed by atoms with Gasteiger partial charge in [0.1, 0.15) is 5.01 Å². The molecule has 142 valence electrons. The number of terminal acetylenes is 1. The second-order valence-corrected chi connectivity index (χ2v) is 7.48. The van der Waals surface area contributed by atoms with E-state index >= 15 is 0 Å². The van der Waals surface area contributed by atoms with Crippen LogP contribution < -0.4 is 5.32 Å². The van der Waals surface area contributed by atoms with E-state index in [4.69, 9.17) is 11.2 Å². The van der Waals surface area contributed by atoms with Crippen molar-refractivity contribution in [2.24, 2.45) is 0 Å². The van der Waals surface area contributed by atoms with Crippen LogP contribution in [0.25, 0.3) is 0 Å². The van der Waals surface area contributed by atoms with Gasteiger partial charge in [0.2, 0.25) is 5.13 Å². The molecule has 2 amide bonds. The SMILES string of the molecule is C#CCN(C[C@@H]1CCCO1)C(=O)Nc1nnc([C@@H](CC)c2ccccc2)s1. The van der Waals surface area contributed by atoms with Crippen molar-refractivity contribution in [3.63, 3.8) is 0 Å². The predicted octanol–water partition coefficient (Wildman–Crippen LogP) is 3.73. The highest BCUT2D eigenvalue weighted by atomic mass is 32.1. The van der Waals surface area contributed by atoms with Crippen LogP contribution in [0.5, 0.6) is 0 Å². The zero-order valence-corrected chi connectivity index (χ0v) is 16.2. The molecule has 0 unspecified atom stereocenters. The minimum absolute atomic E-state index is 0.0524. The van der Waals surface area contributed by atoms with E-state index in [0.29, 0.717) is 11.7 Å². The number of rotatable bonds is 7. The van der Waals surface area contributed by atoms with Gasteiger partial charge >= 0.3 is 6.03 Å². The van der Waals surface area contributed by atoms with Crippen LogP contribution >= 0.6 is 11.3 Å². The van der Waals surface area contributed by atoms with Crippen LogP contribution in [-0.4, -0.2) is 46.9 Å². The van der Waals surface area contributed by atoms with Gasteiger partial charge in [-0.3, -0.25) is 5.32 Å². The lowest BCUT2D eigenvalue weighted by Gasteiger charge is -2.23. The van der Waals surface area contributed by atoms with Crippen LogP contribution in [0, 0.1) is 12.3 Å². The van der Waals surface area contributed by atoms with Crippen molar-refractivity contribution >= 4 is 22.5 Å². The first-order chi connectivity index (χ1) is 13.2. The summed E-state index contributed by atoms with van der Waals surface area (Å²) in [6.45, 7) is 3.59. The Labute approximate surface area is 163 Å². The summed E-state index contributed by atoms with van der Waals surface area (Å²) in [7, 11) is 0. The lowest BCUT2D eigenvalue weighted by Crippen LogP contribution is -2.40. The van der Waals surface area contributed by atoms with E-state index in [-0.39, 0.29) is 24.6 Å². The fraction of sp³-hybridized carbons (Fsp3) is 0.450. The zero-order valence-electron chi connectivity index (χ0n) is 15.4. The number of anilines is 1. The van der Waals surface area contributed by atoms with Crippen LogP contribution in [0.1, 0.15) is 42.7 Å². The molecule has 1 aromatic carbocycles. The summed E-state index contributed by atoms with van der Waals surface area (Å²) in [6.07, 6.45) is 8.36. The van der Waals surface area contributed by atoms with Gasteiger partial charge in [-0.2, -0.15) is 0 Å². The molecule has 0 saturated carbocycles. The molecule has 27 heavy (non-hydrogen) atoms. The van der Waals surface area contributed by atoms with E-state index in [0.717, 1.165) is 30.9 Å². The summed E-state index contributed by atoms with van der Waals surface area (Å²) in [4.78, 5) is 14.2. The van der Waals surface area contributed by atoms with Crippen molar-refractivity contribution in [2.45, 2.75) is 38.2 Å². The molecule has 1 fully saturated rings. The van der Waals surface area contributed by atoms with Crippen molar-refractivity contribution in [1.82, 2.24) is 15.1 Å². The van der Waals surface area contributed by atoms with E-state index < -0.39 is 0 Å². The molecule has 0 radical (unpaired) electrons. The van der Waals surface area contributed by atoms with Gasteiger partial charge in [-0.05, 0) is 24.8 Å². The maximum absolute atomic E-state index is 12.6. The Kier molecular flexibility index (Phi) is 6.80. The predicted molar refractivity (Wildman–Crippen MR) is 107 cm³/mol. The van der Waals surface area contributed by atoms with Crippen LogP contribution in [0.3, 0.4) is 0 Å². The van der Waals surface area contributed by atoms with Crippen molar-refractivity contribution in [3.8, 4) is 12.3 Å². The van der Waals surface area contributed by atoms with Gasteiger partial charge in [0.25, 0.3) is 0 Å². The molecule has 1 saturated heterocycles. The van der Waals surface area contributed by atoms with Gasteiger partial charge in [-0.15, -0.1) is 16.6 Å². The summed E-state index contributed by atoms with van der Waals surface area (Å²) in [5.74, 6) is 2.71. The first kappa shape index (κ1) is 19.3. The number of hydrogen-bond acceptors (Lipinski definition) is 5. The highest BCUT2D eigenvalue weighted by Gasteiger charge is 2.23. The van der Waals surface area contributed by atoms with E-state index in [9.17, 15) is 4.79 Å². The molecule has 2 atom stereocenters. The quantitative estimate of drug-likeness (QED) is 0.739. The number of urea groups is 1. The van der Waals surface area contributed by atoms with Gasteiger partial charge in [0, 0.05) is 19.1 Å². The van der Waals surface area contributed by atoms with E-state index in [1.54, 1.807) is 4.90 Å². The number of carbonyl (C=O) groups excluding carboxylic acids is 1. The molecule has 1 aliphatic rings. The van der Waals surface area contributed by atoms with Crippen LogP contribution in [0.2, 0.25) is 0 Å². The minimum atomic E-state index is -0.265. The first-order valence-corrected chi connectivity index (χ1v) is 10.0. The number of aromatic nitrogens is 2. The molecule has 1 N–H and O–H groups in total. The van der Waals surface area contributed by atoms with Crippen LogP contribution in [-0.2, 0) is 4.74 Å². The monoisotopic (exact) mass is 384 g/mol. The number of ether oxygens (including phenoxy) is 1. The summed E-state index contributed by atoms with van der Waals surface area (Å²) in [5.41, 5.74) is 1.20. The minimum Gasteiger partial charge on any atom is -0.376 e. The van der Waals surface area contributed by atoms with Crippen molar-refractivity contribution in [2.75, 3.05) is 25.0 Å². The molecule has 2 aromatic rings. The smallest absolute Gasteiger partial charge is 0.324 e. The summed E-state index contributed by atoms with van der Waals surface area (Å²) >= 11 is 1.40. The third-order valence-electron chi connectivity index (χ3n) is 4.58. The Morgan fingerprint density at radius 2 is 2.26 bits per heavy atom. The largest absolute Gasteiger partial charge is 0.376 e. The van der Waals surface area contributed by atoms with Gasteiger partial charge < -0.3 is 9.64 Å². The number of amides is 2.